The van der Waals surface area contributed by atoms with Crippen molar-refractivity contribution < 1.29 is 9.72 Å². The zero-order chi connectivity index (χ0) is 15.5. The van der Waals surface area contributed by atoms with Crippen molar-refractivity contribution in [2.75, 3.05) is 5.32 Å². The van der Waals surface area contributed by atoms with Gasteiger partial charge in [-0.3, -0.25) is 14.9 Å². The third kappa shape index (κ3) is 2.70. The topological polar surface area (TPSA) is 72.2 Å². The third-order valence-electron chi connectivity index (χ3n) is 4.05. The summed E-state index contributed by atoms with van der Waals surface area (Å²) in [5, 5.41) is 14.5. The van der Waals surface area contributed by atoms with Crippen molar-refractivity contribution in [2.24, 2.45) is 0 Å². The van der Waals surface area contributed by atoms with Gasteiger partial charge < -0.3 is 5.32 Å². The number of fused-ring (bicyclic) bond motifs is 1. The summed E-state index contributed by atoms with van der Waals surface area (Å²) < 4.78 is 0. The number of hydrogen-bond donors (Lipinski definition) is 1. The average molecular weight is 296 g/mol. The normalized spacial score (nSPS) is 16.6. The largest absolute Gasteiger partial charge is 0.373 e. The van der Waals surface area contributed by atoms with E-state index in [4.69, 9.17) is 0 Å². The molecule has 3 rings (SSSR count). The van der Waals surface area contributed by atoms with E-state index in [0.29, 0.717) is 17.5 Å². The molecule has 2 aromatic rings. The van der Waals surface area contributed by atoms with Crippen molar-refractivity contribution in [2.45, 2.75) is 25.3 Å². The average Bonchev–Trinajstić information content (AvgIpc) is 2.55. The maximum Gasteiger partial charge on any atom is 0.293 e. The lowest BCUT2D eigenvalue weighted by atomic mass is 9.87. The van der Waals surface area contributed by atoms with Crippen LogP contribution in [0.2, 0.25) is 0 Å². The van der Waals surface area contributed by atoms with Crippen LogP contribution in [0.25, 0.3) is 0 Å². The minimum absolute atomic E-state index is 0.0609. The fourth-order valence-electron chi connectivity index (χ4n) is 2.99. The van der Waals surface area contributed by atoms with Crippen LogP contribution in [0.3, 0.4) is 0 Å². The number of anilines is 1. The van der Waals surface area contributed by atoms with Crippen LogP contribution >= 0.6 is 0 Å². The van der Waals surface area contributed by atoms with Crippen LogP contribution < -0.4 is 5.32 Å². The summed E-state index contributed by atoms with van der Waals surface area (Å²) in [5.74, 6) is 0. The van der Waals surface area contributed by atoms with Gasteiger partial charge in [-0.25, -0.2) is 0 Å². The summed E-state index contributed by atoms with van der Waals surface area (Å²) in [5.41, 5.74) is 3.19. The number of nitro benzene ring substituents is 1. The number of aldehydes is 1. The number of nitro groups is 1. The van der Waals surface area contributed by atoms with Crippen LogP contribution in [0, 0.1) is 10.1 Å². The molecule has 5 heteroatoms. The van der Waals surface area contributed by atoms with Gasteiger partial charge in [0.1, 0.15) is 12.0 Å². The monoisotopic (exact) mass is 296 g/mol. The molecule has 2 aromatic carbocycles. The zero-order valence-corrected chi connectivity index (χ0v) is 12.0. The van der Waals surface area contributed by atoms with Gasteiger partial charge in [0.2, 0.25) is 0 Å². The molecular formula is C17H16N2O3. The predicted molar refractivity (Wildman–Crippen MR) is 84.2 cm³/mol. The van der Waals surface area contributed by atoms with Gasteiger partial charge in [0.05, 0.1) is 11.0 Å². The van der Waals surface area contributed by atoms with Gasteiger partial charge in [0.25, 0.3) is 5.69 Å². The van der Waals surface area contributed by atoms with E-state index >= 15 is 0 Å². The Labute approximate surface area is 128 Å². The predicted octanol–water partition coefficient (Wildman–Crippen LogP) is 3.90. The molecule has 0 saturated carbocycles. The van der Waals surface area contributed by atoms with E-state index in [-0.39, 0.29) is 11.7 Å². The first-order chi connectivity index (χ1) is 10.7. The maximum absolute atomic E-state index is 11.2. The van der Waals surface area contributed by atoms with Crippen LogP contribution in [0.5, 0.6) is 0 Å². The standard InChI is InChI=1S/C17H16N2O3/c20-11-12-8-9-16(17(10-12)19(21)22)18-15-7-3-5-13-4-1-2-6-14(13)15/h1-2,4,6,8-11,15,18H,3,5,7H2. The molecule has 22 heavy (non-hydrogen) atoms. The van der Waals surface area contributed by atoms with E-state index in [0.717, 1.165) is 19.3 Å². The highest BCUT2D eigenvalue weighted by atomic mass is 16.6. The molecule has 1 aliphatic carbocycles. The number of hydrogen-bond acceptors (Lipinski definition) is 4. The first-order valence-corrected chi connectivity index (χ1v) is 7.27. The molecule has 0 aliphatic heterocycles. The molecule has 0 amide bonds. The molecule has 0 spiro atoms. The minimum atomic E-state index is -0.454. The highest BCUT2D eigenvalue weighted by Crippen LogP contribution is 2.35. The Hall–Kier alpha value is -2.69. The molecule has 1 N–H and O–H groups in total. The first kappa shape index (κ1) is 14.3. The summed E-state index contributed by atoms with van der Waals surface area (Å²) in [6.45, 7) is 0. The highest BCUT2D eigenvalue weighted by Gasteiger charge is 2.23. The van der Waals surface area contributed by atoms with Crippen LogP contribution in [-0.2, 0) is 6.42 Å². The minimum Gasteiger partial charge on any atom is -0.373 e. The number of aryl methyl sites for hydroxylation is 1. The molecule has 1 unspecified atom stereocenters. The second-order valence-electron chi connectivity index (χ2n) is 5.44. The molecule has 0 aromatic heterocycles. The molecule has 0 fully saturated rings. The van der Waals surface area contributed by atoms with E-state index in [1.165, 1.54) is 17.2 Å². The molecule has 0 saturated heterocycles. The Morgan fingerprint density at radius 3 is 2.82 bits per heavy atom. The van der Waals surface area contributed by atoms with Crippen molar-refractivity contribution in [3.05, 3.63) is 69.3 Å². The summed E-state index contributed by atoms with van der Waals surface area (Å²) in [4.78, 5) is 21.6. The second-order valence-corrected chi connectivity index (χ2v) is 5.44. The summed E-state index contributed by atoms with van der Waals surface area (Å²) >= 11 is 0. The number of nitrogens with one attached hydrogen (secondary N) is 1. The van der Waals surface area contributed by atoms with Gasteiger partial charge in [-0.2, -0.15) is 0 Å². The second kappa shape index (κ2) is 5.97. The third-order valence-corrected chi connectivity index (χ3v) is 4.05. The Bertz CT molecular complexity index is 728. The van der Waals surface area contributed by atoms with E-state index in [9.17, 15) is 14.9 Å². The van der Waals surface area contributed by atoms with E-state index in [2.05, 4.69) is 17.4 Å². The fraction of sp³-hybridized carbons (Fsp3) is 0.235. The Morgan fingerprint density at radius 1 is 1.23 bits per heavy atom. The lowest BCUT2D eigenvalue weighted by Crippen LogP contribution is -2.17. The fourth-order valence-corrected chi connectivity index (χ4v) is 2.99. The summed E-state index contributed by atoms with van der Waals surface area (Å²) in [7, 11) is 0. The number of carbonyl (C=O) groups excluding carboxylic acids is 1. The van der Waals surface area contributed by atoms with Crippen LogP contribution in [0.1, 0.15) is 40.4 Å². The van der Waals surface area contributed by atoms with Crippen molar-refractivity contribution in [3.8, 4) is 0 Å². The van der Waals surface area contributed by atoms with Gasteiger partial charge in [0, 0.05) is 11.6 Å². The van der Waals surface area contributed by atoms with Crippen molar-refractivity contribution >= 4 is 17.7 Å². The quantitative estimate of drug-likeness (QED) is 0.527. The van der Waals surface area contributed by atoms with E-state index in [1.807, 2.05) is 12.1 Å². The number of nitrogens with zero attached hydrogens (tertiary/aromatic N) is 1. The van der Waals surface area contributed by atoms with Crippen LogP contribution in [0.15, 0.2) is 42.5 Å². The van der Waals surface area contributed by atoms with Crippen LogP contribution in [-0.4, -0.2) is 11.2 Å². The van der Waals surface area contributed by atoms with Crippen LogP contribution in [0.4, 0.5) is 11.4 Å². The molecule has 5 nitrogen and oxygen atoms in total. The highest BCUT2D eigenvalue weighted by molar-refractivity contribution is 5.79. The lowest BCUT2D eigenvalue weighted by molar-refractivity contribution is -0.384. The van der Waals surface area contributed by atoms with Gasteiger partial charge in [-0.05, 0) is 42.5 Å². The Balaban J connectivity index is 1.94. The summed E-state index contributed by atoms with van der Waals surface area (Å²) in [6.07, 6.45) is 3.64. The Kier molecular flexibility index (Phi) is 3.87. The molecule has 1 aliphatic rings. The van der Waals surface area contributed by atoms with Gasteiger partial charge in [0.15, 0.2) is 0 Å². The Morgan fingerprint density at radius 2 is 2.05 bits per heavy atom. The SMILES string of the molecule is O=Cc1ccc(NC2CCCc3ccccc32)c([N+](=O)[O-])c1. The number of benzene rings is 2. The number of carbonyl (C=O) groups is 1. The maximum atomic E-state index is 11.2. The van der Waals surface area contributed by atoms with Crippen molar-refractivity contribution in [1.82, 2.24) is 0 Å². The lowest BCUT2D eigenvalue weighted by Gasteiger charge is -2.27. The molecule has 0 heterocycles. The zero-order valence-electron chi connectivity index (χ0n) is 12.0. The molecule has 1 atom stereocenters. The smallest absolute Gasteiger partial charge is 0.293 e. The van der Waals surface area contributed by atoms with Crippen molar-refractivity contribution in [3.63, 3.8) is 0 Å². The molecular weight excluding hydrogens is 280 g/mol. The summed E-state index contributed by atoms with van der Waals surface area (Å²) in [6, 6.07) is 12.8. The molecule has 0 bridgehead atoms. The molecule has 112 valence electrons. The van der Waals surface area contributed by atoms with Gasteiger partial charge >= 0.3 is 0 Å². The van der Waals surface area contributed by atoms with Gasteiger partial charge in [-0.1, -0.05) is 24.3 Å². The van der Waals surface area contributed by atoms with Gasteiger partial charge in [-0.15, -0.1) is 0 Å². The van der Waals surface area contributed by atoms with Crippen molar-refractivity contribution in [1.29, 1.82) is 0 Å². The van der Waals surface area contributed by atoms with E-state index < -0.39 is 4.92 Å². The first-order valence-electron chi connectivity index (χ1n) is 7.27. The van der Waals surface area contributed by atoms with E-state index in [1.54, 1.807) is 12.1 Å². The number of rotatable bonds is 4. The molecule has 0 radical (unpaired) electrons.